The van der Waals surface area contributed by atoms with E-state index >= 15 is 0 Å². The number of nitrogens with zero attached hydrogens (tertiary/aromatic N) is 5. The van der Waals surface area contributed by atoms with Crippen LogP contribution < -0.4 is 16.4 Å². The summed E-state index contributed by atoms with van der Waals surface area (Å²) in [6.45, 7) is 6.22. The van der Waals surface area contributed by atoms with Crippen molar-refractivity contribution in [2.24, 2.45) is 0 Å². The van der Waals surface area contributed by atoms with Crippen LogP contribution >= 0.6 is 11.3 Å². The topological polar surface area (TPSA) is 110 Å². The van der Waals surface area contributed by atoms with E-state index in [1.165, 1.54) is 17.0 Å². The second-order valence-electron chi connectivity index (χ2n) is 8.07. The van der Waals surface area contributed by atoms with Crippen LogP contribution in [0.1, 0.15) is 5.56 Å². The molecule has 2 aromatic carbocycles. The highest BCUT2D eigenvalue weighted by molar-refractivity contribution is 7.18. The molecule has 9 heteroatoms. The van der Waals surface area contributed by atoms with Crippen molar-refractivity contribution in [1.29, 1.82) is 0 Å². The zero-order chi connectivity index (χ0) is 22.2. The van der Waals surface area contributed by atoms with E-state index in [-0.39, 0.29) is 0 Å². The van der Waals surface area contributed by atoms with Crippen molar-refractivity contribution in [3.05, 3.63) is 48.0 Å². The SMILES string of the molecule is Cc1ccc(N)cc1-c1noc(-c2sc(-c3ccc(N4CCN(C)CC4)cc3)nc2N)n1. The Bertz CT molecular complexity index is 1240. The molecule has 3 heterocycles. The van der Waals surface area contributed by atoms with Gasteiger partial charge in [0.2, 0.25) is 5.82 Å². The minimum atomic E-state index is 0.358. The van der Waals surface area contributed by atoms with Crippen LogP contribution in [0.3, 0.4) is 0 Å². The van der Waals surface area contributed by atoms with E-state index in [1.54, 1.807) is 0 Å². The van der Waals surface area contributed by atoms with Gasteiger partial charge in [-0.25, -0.2) is 4.98 Å². The van der Waals surface area contributed by atoms with Crippen LogP contribution in [0.4, 0.5) is 17.2 Å². The zero-order valence-electron chi connectivity index (χ0n) is 18.1. The molecule has 1 aliphatic heterocycles. The van der Waals surface area contributed by atoms with Crippen LogP contribution in [0.25, 0.3) is 32.7 Å². The van der Waals surface area contributed by atoms with Gasteiger partial charge in [0.25, 0.3) is 5.89 Å². The number of nitrogen functional groups attached to an aromatic ring is 2. The molecule has 0 bridgehead atoms. The minimum absolute atomic E-state index is 0.358. The van der Waals surface area contributed by atoms with Crippen molar-refractivity contribution in [2.75, 3.05) is 49.6 Å². The van der Waals surface area contributed by atoms with Crippen LogP contribution in [0.5, 0.6) is 0 Å². The number of nitrogens with two attached hydrogens (primary N) is 2. The van der Waals surface area contributed by atoms with Crippen molar-refractivity contribution in [3.8, 4) is 32.7 Å². The number of hydrogen-bond acceptors (Lipinski definition) is 9. The third-order valence-corrected chi connectivity index (χ3v) is 6.87. The molecule has 5 rings (SSSR count). The lowest BCUT2D eigenvalue weighted by Gasteiger charge is -2.34. The fourth-order valence-corrected chi connectivity index (χ4v) is 4.71. The Morgan fingerprint density at radius 2 is 1.72 bits per heavy atom. The van der Waals surface area contributed by atoms with Crippen LogP contribution in [0.15, 0.2) is 47.0 Å². The van der Waals surface area contributed by atoms with E-state index in [9.17, 15) is 0 Å². The standard InChI is InChI=1S/C23H25N7OS/c1-14-3-6-16(24)13-18(14)21-27-22(31-28-21)19-20(25)26-23(32-19)15-4-7-17(8-5-15)30-11-9-29(2)10-12-30/h3-8,13H,9-12,24-25H2,1-2H3. The summed E-state index contributed by atoms with van der Waals surface area (Å²) in [5.41, 5.74) is 16.9. The summed E-state index contributed by atoms with van der Waals surface area (Å²) < 4.78 is 5.51. The van der Waals surface area contributed by atoms with Gasteiger partial charge in [-0.05, 0) is 55.9 Å². The van der Waals surface area contributed by atoms with Crippen LogP contribution in [0, 0.1) is 6.92 Å². The Labute approximate surface area is 190 Å². The van der Waals surface area contributed by atoms with Gasteiger partial charge in [-0.1, -0.05) is 11.2 Å². The molecule has 0 spiro atoms. The summed E-state index contributed by atoms with van der Waals surface area (Å²) in [6, 6.07) is 14.1. The fraction of sp³-hybridized carbons (Fsp3) is 0.261. The van der Waals surface area contributed by atoms with Gasteiger partial charge in [-0.2, -0.15) is 4.98 Å². The van der Waals surface area contributed by atoms with E-state index in [2.05, 4.69) is 56.2 Å². The highest BCUT2D eigenvalue weighted by Gasteiger charge is 2.20. The van der Waals surface area contributed by atoms with E-state index in [1.807, 2.05) is 25.1 Å². The molecule has 4 N–H and O–H groups in total. The van der Waals surface area contributed by atoms with Gasteiger partial charge >= 0.3 is 0 Å². The predicted molar refractivity (Wildman–Crippen MR) is 130 cm³/mol. The second kappa shape index (κ2) is 8.25. The molecule has 0 amide bonds. The van der Waals surface area contributed by atoms with E-state index in [4.69, 9.17) is 16.0 Å². The number of piperazine rings is 1. The van der Waals surface area contributed by atoms with Gasteiger partial charge in [0.05, 0.1) is 0 Å². The molecule has 32 heavy (non-hydrogen) atoms. The van der Waals surface area contributed by atoms with Crippen molar-refractivity contribution in [2.45, 2.75) is 6.92 Å². The minimum Gasteiger partial charge on any atom is -0.399 e. The van der Waals surface area contributed by atoms with Crippen molar-refractivity contribution >= 4 is 28.5 Å². The molecule has 1 saturated heterocycles. The first-order valence-corrected chi connectivity index (χ1v) is 11.3. The van der Waals surface area contributed by atoms with Crippen molar-refractivity contribution in [3.63, 3.8) is 0 Å². The van der Waals surface area contributed by atoms with Gasteiger partial charge < -0.3 is 25.8 Å². The number of aromatic nitrogens is 3. The van der Waals surface area contributed by atoms with Gasteiger partial charge in [-0.15, -0.1) is 11.3 Å². The van der Waals surface area contributed by atoms with Crippen LogP contribution in [-0.2, 0) is 0 Å². The maximum Gasteiger partial charge on any atom is 0.272 e. The molecule has 1 aliphatic rings. The maximum absolute atomic E-state index is 6.21. The number of hydrogen-bond donors (Lipinski definition) is 2. The number of aryl methyl sites for hydroxylation is 1. The molecule has 0 unspecified atom stereocenters. The molecule has 0 radical (unpaired) electrons. The third-order valence-electron chi connectivity index (χ3n) is 5.76. The Hall–Kier alpha value is -3.43. The lowest BCUT2D eigenvalue weighted by molar-refractivity contribution is 0.313. The molecular formula is C23H25N7OS. The van der Waals surface area contributed by atoms with E-state index in [0.29, 0.717) is 28.1 Å². The highest BCUT2D eigenvalue weighted by Crippen LogP contribution is 2.37. The van der Waals surface area contributed by atoms with Gasteiger partial charge in [0.1, 0.15) is 15.7 Å². The summed E-state index contributed by atoms with van der Waals surface area (Å²) in [6.07, 6.45) is 0. The van der Waals surface area contributed by atoms with Crippen molar-refractivity contribution in [1.82, 2.24) is 20.0 Å². The molecule has 2 aromatic heterocycles. The molecule has 164 valence electrons. The number of benzene rings is 2. The average molecular weight is 448 g/mol. The smallest absolute Gasteiger partial charge is 0.272 e. The summed E-state index contributed by atoms with van der Waals surface area (Å²) in [7, 11) is 2.16. The number of likely N-dealkylation sites (N-methyl/N-ethyl adjacent to an activating group) is 1. The zero-order valence-corrected chi connectivity index (χ0v) is 18.9. The highest BCUT2D eigenvalue weighted by atomic mass is 32.1. The largest absolute Gasteiger partial charge is 0.399 e. The summed E-state index contributed by atoms with van der Waals surface area (Å²) in [4.78, 5) is 14.5. The predicted octanol–water partition coefficient (Wildman–Crippen LogP) is 3.75. The summed E-state index contributed by atoms with van der Waals surface area (Å²) >= 11 is 1.45. The monoisotopic (exact) mass is 447 g/mol. The molecule has 8 nitrogen and oxygen atoms in total. The number of rotatable bonds is 4. The second-order valence-corrected chi connectivity index (χ2v) is 9.07. The van der Waals surface area contributed by atoms with Crippen LogP contribution in [0.2, 0.25) is 0 Å². The molecule has 0 atom stereocenters. The van der Waals surface area contributed by atoms with Gasteiger partial charge in [0, 0.05) is 48.7 Å². The molecular weight excluding hydrogens is 422 g/mol. The Balaban J connectivity index is 1.39. The number of anilines is 3. The maximum atomic E-state index is 6.21. The van der Waals surface area contributed by atoms with Gasteiger partial charge in [-0.3, -0.25) is 0 Å². The Morgan fingerprint density at radius 3 is 2.47 bits per heavy atom. The molecule has 4 aromatic rings. The lowest BCUT2D eigenvalue weighted by atomic mass is 10.1. The van der Waals surface area contributed by atoms with Gasteiger partial charge in [0.15, 0.2) is 0 Å². The van der Waals surface area contributed by atoms with E-state index in [0.717, 1.165) is 47.9 Å². The molecule has 0 saturated carbocycles. The van der Waals surface area contributed by atoms with Crippen LogP contribution in [-0.4, -0.2) is 53.3 Å². The Morgan fingerprint density at radius 1 is 0.969 bits per heavy atom. The third kappa shape index (κ3) is 3.92. The quantitative estimate of drug-likeness (QED) is 0.455. The summed E-state index contributed by atoms with van der Waals surface area (Å²) in [5, 5.41) is 4.95. The molecule has 0 aliphatic carbocycles. The first kappa shape index (κ1) is 20.5. The van der Waals surface area contributed by atoms with Crippen molar-refractivity contribution < 1.29 is 4.52 Å². The number of thiazole rings is 1. The van der Waals surface area contributed by atoms with E-state index < -0.39 is 0 Å². The first-order chi connectivity index (χ1) is 15.5. The Kier molecular flexibility index (Phi) is 5.28. The first-order valence-electron chi connectivity index (χ1n) is 10.5. The fourth-order valence-electron chi connectivity index (χ4n) is 3.79. The molecule has 1 fully saturated rings. The lowest BCUT2D eigenvalue weighted by Crippen LogP contribution is -2.44. The summed E-state index contributed by atoms with van der Waals surface area (Å²) in [5.74, 6) is 1.22. The average Bonchev–Trinajstić information content (AvgIpc) is 3.43. The normalized spacial score (nSPS) is 14.8.